The monoisotopic (exact) mass is 87.0 g/mol. The molecule has 0 atom stereocenters. The van der Waals surface area contributed by atoms with E-state index in [0.29, 0.717) is 0 Å². The van der Waals surface area contributed by atoms with Crippen molar-refractivity contribution in [3.63, 3.8) is 0 Å². The molecule has 5 heavy (non-hydrogen) atoms. The predicted octanol–water partition coefficient (Wildman–Crippen LogP) is -1.29. The maximum Gasteiger partial charge on any atom is 0.402 e. The molecule has 0 aromatic rings. The van der Waals surface area contributed by atoms with E-state index in [1.807, 2.05) is 0 Å². The molecule has 3 N–H and O–H groups in total. The van der Waals surface area contributed by atoms with Crippen molar-refractivity contribution < 1.29 is 9.90 Å². The Kier molecular flexibility index (Phi) is 7.18. The molecule has 0 aliphatic heterocycles. The number of nitrogens with two attached hydrogens (primary N) is 1. The van der Waals surface area contributed by atoms with E-state index in [1.54, 1.807) is 0 Å². The predicted molar refractivity (Wildman–Crippen MR) is 20.8 cm³/mol. The molecular formula is CH5MgNO2. The van der Waals surface area contributed by atoms with Gasteiger partial charge in [-0.2, -0.15) is 0 Å². The van der Waals surface area contributed by atoms with Crippen molar-refractivity contribution in [2.75, 3.05) is 0 Å². The molecule has 0 aromatic heterocycles. The lowest BCUT2D eigenvalue weighted by Crippen LogP contribution is -2.03. The fourth-order valence-electron chi connectivity index (χ4n) is 0. The standard InChI is InChI=1S/CH3NO2.Mg.2H/c2-1(3)4;;;/h2H2,(H,3,4);;;. The van der Waals surface area contributed by atoms with Gasteiger partial charge in [0.25, 0.3) is 0 Å². The number of amides is 1. The normalized spacial score (nSPS) is 4.80. The van der Waals surface area contributed by atoms with E-state index in [1.165, 1.54) is 0 Å². The summed E-state index contributed by atoms with van der Waals surface area (Å²) in [5.74, 6) is 0. The highest BCUT2D eigenvalue weighted by molar-refractivity contribution is 5.75. The second kappa shape index (κ2) is 4.04. The molecule has 0 unspecified atom stereocenters. The lowest BCUT2D eigenvalue weighted by molar-refractivity contribution is 0.205. The van der Waals surface area contributed by atoms with Crippen molar-refractivity contribution in [3.05, 3.63) is 0 Å². The fraction of sp³-hybridized carbons (Fsp3) is 0. The Balaban J connectivity index is 0. The molecule has 0 bridgehead atoms. The molecule has 0 aliphatic rings. The van der Waals surface area contributed by atoms with Crippen LogP contribution in [0.2, 0.25) is 0 Å². The Hall–Kier alpha value is 0.0362. The zero-order valence-corrected chi connectivity index (χ0v) is 1.93. The Morgan fingerprint density at radius 3 is 1.80 bits per heavy atom. The number of hydrogen-bond donors (Lipinski definition) is 2. The molecule has 0 saturated carbocycles. The topological polar surface area (TPSA) is 63.3 Å². The number of primary amides is 1. The van der Waals surface area contributed by atoms with Gasteiger partial charge in [0.15, 0.2) is 0 Å². The third-order valence-electron chi connectivity index (χ3n) is 0. The van der Waals surface area contributed by atoms with Crippen LogP contribution in [-0.4, -0.2) is 34.3 Å². The first-order valence-electron chi connectivity index (χ1n) is 0.716. The van der Waals surface area contributed by atoms with E-state index in [-0.39, 0.29) is 23.1 Å². The molecule has 28 valence electrons. The fourth-order valence-corrected chi connectivity index (χ4v) is 0. The lowest BCUT2D eigenvalue weighted by Gasteiger charge is -1.61. The first kappa shape index (κ1) is 8.90. The van der Waals surface area contributed by atoms with E-state index in [2.05, 4.69) is 5.73 Å². The Bertz CT molecular complexity index is 32.6. The molecule has 4 heteroatoms. The van der Waals surface area contributed by atoms with Gasteiger partial charge in [-0.3, -0.25) is 0 Å². The van der Waals surface area contributed by atoms with Crippen molar-refractivity contribution in [2.45, 2.75) is 0 Å². The van der Waals surface area contributed by atoms with Crippen LogP contribution < -0.4 is 5.73 Å². The minimum absolute atomic E-state index is 0. The minimum Gasteiger partial charge on any atom is -0.465 e. The Morgan fingerprint density at radius 1 is 1.80 bits per heavy atom. The van der Waals surface area contributed by atoms with E-state index >= 15 is 0 Å². The third kappa shape index (κ3) is 12700. The van der Waals surface area contributed by atoms with Crippen LogP contribution in [0.15, 0.2) is 0 Å². The van der Waals surface area contributed by atoms with Gasteiger partial charge in [0, 0.05) is 0 Å². The number of hydrogen-bond acceptors (Lipinski definition) is 1. The molecule has 0 spiro atoms. The summed E-state index contributed by atoms with van der Waals surface area (Å²) in [6, 6.07) is 0. The van der Waals surface area contributed by atoms with Crippen LogP contribution in [0.25, 0.3) is 0 Å². The van der Waals surface area contributed by atoms with Gasteiger partial charge >= 0.3 is 29.1 Å². The van der Waals surface area contributed by atoms with Crippen LogP contribution in [0.3, 0.4) is 0 Å². The highest BCUT2D eigenvalue weighted by Gasteiger charge is 1.65. The van der Waals surface area contributed by atoms with Gasteiger partial charge in [-0.25, -0.2) is 4.79 Å². The lowest BCUT2D eigenvalue weighted by atomic mass is 11.3. The Morgan fingerprint density at radius 2 is 1.80 bits per heavy atom. The maximum absolute atomic E-state index is 8.78. The van der Waals surface area contributed by atoms with Gasteiger partial charge in [-0.1, -0.05) is 0 Å². The highest BCUT2D eigenvalue weighted by atomic mass is 24.3. The van der Waals surface area contributed by atoms with Crippen LogP contribution in [0.5, 0.6) is 0 Å². The van der Waals surface area contributed by atoms with Crippen LogP contribution in [0.1, 0.15) is 0 Å². The van der Waals surface area contributed by atoms with Crippen LogP contribution in [0, 0.1) is 0 Å². The van der Waals surface area contributed by atoms with Crippen LogP contribution in [0.4, 0.5) is 4.79 Å². The number of rotatable bonds is 0. The van der Waals surface area contributed by atoms with Crippen molar-refractivity contribution in [3.8, 4) is 0 Å². The van der Waals surface area contributed by atoms with E-state index in [4.69, 9.17) is 9.90 Å². The molecule has 0 saturated heterocycles. The molecule has 0 fully saturated rings. The average Bonchev–Trinajstić information content (AvgIpc) is 0.811. The Labute approximate surface area is 45.3 Å². The zero-order chi connectivity index (χ0) is 3.58. The summed E-state index contributed by atoms with van der Waals surface area (Å²) in [4.78, 5) is 8.78. The molecule has 0 aromatic carbocycles. The number of carbonyl (C=O) groups is 1. The molecule has 0 radical (unpaired) electrons. The first-order chi connectivity index (χ1) is 1.73. The summed E-state index contributed by atoms with van der Waals surface area (Å²) in [7, 11) is 0. The van der Waals surface area contributed by atoms with Crippen LogP contribution >= 0.6 is 0 Å². The van der Waals surface area contributed by atoms with Gasteiger partial charge in [0.1, 0.15) is 0 Å². The second-order valence-corrected chi connectivity index (χ2v) is 0.338. The van der Waals surface area contributed by atoms with Gasteiger partial charge < -0.3 is 10.8 Å². The SMILES string of the molecule is NC(=O)O.[MgH2]. The first-order valence-corrected chi connectivity index (χ1v) is 0.716. The van der Waals surface area contributed by atoms with E-state index in [0.717, 1.165) is 0 Å². The quantitative estimate of drug-likeness (QED) is 0.361. The van der Waals surface area contributed by atoms with Crippen molar-refractivity contribution in [1.29, 1.82) is 0 Å². The zero-order valence-electron chi connectivity index (χ0n) is 1.93. The number of carboxylic acid groups (broad SMARTS) is 1. The van der Waals surface area contributed by atoms with E-state index < -0.39 is 6.09 Å². The second-order valence-electron chi connectivity index (χ2n) is 0.338. The molecular weight excluding hydrogens is 82.3 g/mol. The van der Waals surface area contributed by atoms with Crippen molar-refractivity contribution >= 4 is 29.1 Å². The van der Waals surface area contributed by atoms with Crippen LogP contribution in [-0.2, 0) is 0 Å². The van der Waals surface area contributed by atoms with Gasteiger partial charge in [-0.15, -0.1) is 0 Å². The molecule has 0 aliphatic carbocycles. The summed E-state index contributed by atoms with van der Waals surface area (Å²) in [5.41, 5.74) is 4.03. The third-order valence-corrected chi connectivity index (χ3v) is 0. The van der Waals surface area contributed by atoms with Gasteiger partial charge in [0.2, 0.25) is 0 Å². The maximum atomic E-state index is 8.78. The average molecular weight is 87.4 g/mol. The van der Waals surface area contributed by atoms with Gasteiger partial charge in [0.05, 0.1) is 0 Å². The molecule has 1 amide bonds. The summed E-state index contributed by atoms with van der Waals surface area (Å²) >= 11 is 0. The van der Waals surface area contributed by atoms with Crippen molar-refractivity contribution in [1.82, 2.24) is 0 Å². The minimum atomic E-state index is -1.33. The highest BCUT2D eigenvalue weighted by Crippen LogP contribution is 1.34. The molecule has 3 nitrogen and oxygen atoms in total. The van der Waals surface area contributed by atoms with E-state index in [9.17, 15) is 0 Å². The largest absolute Gasteiger partial charge is 0.465 e. The molecule has 0 rings (SSSR count). The van der Waals surface area contributed by atoms with Crippen molar-refractivity contribution in [2.24, 2.45) is 5.73 Å². The summed E-state index contributed by atoms with van der Waals surface area (Å²) in [5, 5.41) is 7.19. The smallest absolute Gasteiger partial charge is 0.402 e. The molecule has 0 heterocycles. The summed E-state index contributed by atoms with van der Waals surface area (Å²) in [6.07, 6.45) is -1.33. The summed E-state index contributed by atoms with van der Waals surface area (Å²) in [6.45, 7) is 0. The van der Waals surface area contributed by atoms with Gasteiger partial charge in [-0.05, 0) is 0 Å². The summed E-state index contributed by atoms with van der Waals surface area (Å²) < 4.78 is 0.